The smallest absolute Gasteiger partial charge is 0.0562 e. The first-order chi connectivity index (χ1) is 6.62. The largest absolute Gasteiger partial charge is 0.371 e. The predicted octanol–water partition coefficient (Wildman–Crippen LogP) is 3.31. The lowest BCUT2D eigenvalue weighted by Gasteiger charge is -2.37. The second-order valence-corrected chi connectivity index (χ2v) is 6.45. The van der Waals surface area contributed by atoms with Crippen LogP contribution in [0.15, 0.2) is 16.9 Å². The molecule has 0 saturated heterocycles. The maximum Gasteiger partial charge on any atom is 0.0562 e. The van der Waals surface area contributed by atoms with Gasteiger partial charge in [0.15, 0.2) is 0 Å². The van der Waals surface area contributed by atoms with Gasteiger partial charge >= 0.3 is 0 Å². The second kappa shape index (κ2) is 3.66. The first-order valence-electron chi connectivity index (χ1n) is 5.61. The van der Waals surface area contributed by atoms with Crippen molar-refractivity contribution in [2.75, 3.05) is 13.6 Å². The van der Waals surface area contributed by atoms with Crippen LogP contribution in [0.25, 0.3) is 0 Å². The summed E-state index contributed by atoms with van der Waals surface area (Å²) >= 11 is 0. The SMILES string of the molecule is CN1CC(C(C)(C)C)=NC=C1C(C)(C)C. The molecule has 0 saturated carbocycles. The quantitative estimate of drug-likeness (QED) is 0.596. The van der Waals surface area contributed by atoms with E-state index in [-0.39, 0.29) is 10.8 Å². The maximum atomic E-state index is 4.61. The number of nitrogens with zero attached hydrogens (tertiary/aromatic N) is 2. The predicted molar refractivity (Wildman–Crippen MR) is 67.1 cm³/mol. The van der Waals surface area contributed by atoms with Gasteiger partial charge in [-0.25, -0.2) is 0 Å². The van der Waals surface area contributed by atoms with Crippen molar-refractivity contribution in [1.29, 1.82) is 0 Å². The van der Waals surface area contributed by atoms with E-state index in [4.69, 9.17) is 0 Å². The Labute approximate surface area is 94.1 Å². The molecule has 0 aromatic rings. The van der Waals surface area contributed by atoms with Gasteiger partial charge in [-0.05, 0) is 0 Å². The monoisotopic (exact) mass is 208 g/mol. The third kappa shape index (κ3) is 2.83. The van der Waals surface area contributed by atoms with Gasteiger partial charge in [0.25, 0.3) is 0 Å². The average Bonchev–Trinajstić information content (AvgIpc) is 1.99. The Kier molecular flexibility index (Phi) is 2.99. The van der Waals surface area contributed by atoms with Crippen LogP contribution in [0.3, 0.4) is 0 Å². The Balaban J connectivity index is 2.99. The summed E-state index contributed by atoms with van der Waals surface area (Å²) in [6, 6.07) is 0. The standard InChI is InChI=1S/C13H24N2/c1-12(2,3)10-9-15(7)11(8-14-10)13(4,5)6/h8H,9H2,1-7H3. The van der Waals surface area contributed by atoms with Gasteiger partial charge < -0.3 is 4.90 Å². The molecule has 0 fully saturated rings. The van der Waals surface area contributed by atoms with E-state index >= 15 is 0 Å². The van der Waals surface area contributed by atoms with Crippen molar-refractivity contribution in [1.82, 2.24) is 4.90 Å². The van der Waals surface area contributed by atoms with Crippen molar-refractivity contribution in [2.45, 2.75) is 41.5 Å². The van der Waals surface area contributed by atoms with Gasteiger partial charge in [-0.2, -0.15) is 0 Å². The highest BCUT2D eigenvalue weighted by molar-refractivity contribution is 5.92. The molecule has 0 unspecified atom stereocenters. The Bertz CT molecular complexity index is 297. The molecule has 0 amide bonds. The lowest BCUT2D eigenvalue weighted by Crippen LogP contribution is -2.38. The normalized spacial score (nSPS) is 18.7. The van der Waals surface area contributed by atoms with Crippen LogP contribution in [0.2, 0.25) is 0 Å². The Hall–Kier alpha value is -0.790. The molecule has 1 aliphatic heterocycles. The van der Waals surface area contributed by atoms with Crippen LogP contribution in [0.5, 0.6) is 0 Å². The summed E-state index contributed by atoms with van der Waals surface area (Å²) in [6.07, 6.45) is 2.03. The van der Waals surface area contributed by atoms with Crippen LogP contribution in [0.4, 0.5) is 0 Å². The van der Waals surface area contributed by atoms with Gasteiger partial charge in [-0.3, -0.25) is 4.99 Å². The summed E-state index contributed by atoms with van der Waals surface area (Å²) in [5.74, 6) is 0. The first kappa shape index (κ1) is 12.3. The lowest BCUT2D eigenvalue weighted by atomic mass is 9.86. The highest BCUT2D eigenvalue weighted by Crippen LogP contribution is 2.31. The van der Waals surface area contributed by atoms with Gasteiger partial charge in [0, 0.05) is 35.5 Å². The van der Waals surface area contributed by atoms with Crippen LogP contribution < -0.4 is 0 Å². The molecule has 1 aliphatic rings. The second-order valence-electron chi connectivity index (χ2n) is 6.45. The van der Waals surface area contributed by atoms with E-state index in [9.17, 15) is 0 Å². The molecule has 0 aromatic carbocycles. The molecular weight excluding hydrogens is 184 g/mol. The fourth-order valence-electron chi connectivity index (χ4n) is 1.79. The zero-order chi connectivity index (χ0) is 11.9. The van der Waals surface area contributed by atoms with Crippen LogP contribution in [0.1, 0.15) is 41.5 Å². The summed E-state index contributed by atoms with van der Waals surface area (Å²) in [7, 11) is 2.15. The molecule has 2 nitrogen and oxygen atoms in total. The molecule has 0 N–H and O–H groups in total. The molecule has 0 bridgehead atoms. The molecule has 0 aliphatic carbocycles. The molecule has 0 atom stereocenters. The van der Waals surface area contributed by atoms with E-state index in [1.807, 2.05) is 6.20 Å². The van der Waals surface area contributed by atoms with Crippen LogP contribution in [-0.4, -0.2) is 24.2 Å². The minimum Gasteiger partial charge on any atom is -0.371 e. The Morgan fingerprint density at radius 1 is 1.07 bits per heavy atom. The highest BCUT2D eigenvalue weighted by atomic mass is 15.1. The lowest BCUT2D eigenvalue weighted by molar-refractivity contribution is 0.325. The summed E-state index contributed by atoms with van der Waals surface area (Å²) < 4.78 is 0. The van der Waals surface area contributed by atoms with Crippen molar-refractivity contribution in [3.8, 4) is 0 Å². The third-order valence-electron chi connectivity index (χ3n) is 2.78. The van der Waals surface area contributed by atoms with Gasteiger partial charge in [0.1, 0.15) is 0 Å². The summed E-state index contributed by atoms with van der Waals surface area (Å²) in [6.45, 7) is 14.3. The van der Waals surface area contributed by atoms with Crippen molar-refractivity contribution in [3.63, 3.8) is 0 Å². The van der Waals surface area contributed by atoms with E-state index in [0.717, 1.165) is 6.54 Å². The van der Waals surface area contributed by atoms with Crippen LogP contribution in [0, 0.1) is 10.8 Å². The van der Waals surface area contributed by atoms with E-state index in [0.29, 0.717) is 0 Å². The zero-order valence-electron chi connectivity index (χ0n) is 11.2. The molecule has 0 aromatic heterocycles. The van der Waals surface area contributed by atoms with E-state index in [2.05, 4.69) is 58.5 Å². The Morgan fingerprint density at radius 2 is 1.60 bits per heavy atom. The molecule has 1 rings (SSSR count). The number of allylic oxidation sites excluding steroid dienone is 1. The summed E-state index contributed by atoms with van der Waals surface area (Å²) in [4.78, 5) is 6.93. The fraction of sp³-hybridized carbons (Fsp3) is 0.769. The summed E-state index contributed by atoms with van der Waals surface area (Å²) in [5, 5.41) is 0. The number of aliphatic imine (C=N–C) groups is 1. The molecular formula is C13H24N2. The van der Waals surface area contributed by atoms with Crippen molar-refractivity contribution >= 4 is 5.71 Å². The maximum absolute atomic E-state index is 4.61. The minimum atomic E-state index is 0.175. The number of hydrogen-bond donors (Lipinski definition) is 0. The highest BCUT2D eigenvalue weighted by Gasteiger charge is 2.28. The first-order valence-corrected chi connectivity index (χ1v) is 5.61. The van der Waals surface area contributed by atoms with E-state index in [1.165, 1.54) is 11.4 Å². The molecule has 0 radical (unpaired) electrons. The van der Waals surface area contributed by atoms with Gasteiger partial charge in [0.05, 0.1) is 6.54 Å². The van der Waals surface area contributed by atoms with E-state index < -0.39 is 0 Å². The molecule has 2 heteroatoms. The topological polar surface area (TPSA) is 15.6 Å². The van der Waals surface area contributed by atoms with E-state index in [1.54, 1.807) is 0 Å². The van der Waals surface area contributed by atoms with Gasteiger partial charge in [-0.1, -0.05) is 41.5 Å². The van der Waals surface area contributed by atoms with Crippen molar-refractivity contribution < 1.29 is 0 Å². The average molecular weight is 208 g/mol. The van der Waals surface area contributed by atoms with Crippen molar-refractivity contribution in [3.05, 3.63) is 11.9 Å². The van der Waals surface area contributed by atoms with Crippen molar-refractivity contribution in [2.24, 2.45) is 15.8 Å². The minimum absolute atomic E-state index is 0.175. The van der Waals surface area contributed by atoms with Gasteiger partial charge in [-0.15, -0.1) is 0 Å². The molecule has 86 valence electrons. The fourth-order valence-corrected chi connectivity index (χ4v) is 1.79. The van der Waals surface area contributed by atoms with Crippen LogP contribution >= 0.6 is 0 Å². The summed E-state index contributed by atoms with van der Waals surface area (Å²) in [5.41, 5.74) is 2.93. The third-order valence-corrected chi connectivity index (χ3v) is 2.78. The van der Waals surface area contributed by atoms with Gasteiger partial charge in [0.2, 0.25) is 0 Å². The molecule has 15 heavy (non-hydrogen) atoms. The zero-order valence-corrected chi connectivity index (χ0v) is 11.2. The van der Waals surface area contributed by atoms with Crippen LogP contribution in [-0.2, 0) is 0 Å². The number of hydrogen-bond acceptors (Lipinski definition) is 2. The Morgan fingerprint density at radius 3 is 1.93 bits per heavy atom. The molecule has 1 heterocycles. The number of rotatable bonds is 0. The molecule has 0 spiro atoms.